The predicted octanol–water partition coefficient (Wildman–Crippen LogP) is 2.60. The van der Waals surface area contributed by atoms with Gasteiger partial charge in [-0.25, -0.2) is 4.99 Å². The van der Waals surface area contributed by atoms with Crippen LogP contribution in [-0.2, 0) is 9.53 Å². The Bertz CT molecular complexity index is 871. The molecule has 0 aromatic rings. The number of fused-ring (bicyclic) bond motifs is 3. The molecule has 3 aliphatic carbocycles. The second-order valence-corrected chi connectivity index (χ2v) is 11.4. The van der Waals surface area contributed by atoms with E-state index in [0.29, 0.717) is 35.5 Å². The normalized spacial score (nSPS) is 32.8. The number of carbonyl (C=O) groups excluding carboxylic acids is 1. The van der Waals surface area contributed by atoms with Gasteiger partial charge in [0.05, 0.1) is 25.8 Å². The highest BCUT2D eigenvalue weighted by Gasteiger charge is 2.52. The van der Waals surface area contributed by atoms with Crippen LogP contribution in [0.4, 0.5) is 0 Å². The maximum atomic E-state index is 13.3. The summed E-state index contributed by atoms with van der Waals surface area (Å²) >= 11 is 0. The number of ether oxygens (including phenoxy) is 1. The van der Waals surface area contributed by atoms with E-state index in [4.69, 9.17) is 9.84 Å². The molecule has 2 aliphatic heterocycles. The fraction of sp³-hybridized carbons (Fsp3) is 0.741. The second-order valence-electron chi connectivity index (χ2n) is 11.4. The lowest BCUT2D eigenvalue weighted by Crippen LogP contribution is -2.72. The summed E-state index contributed by atoms with van der Waals surface area (Å²) in [4.78, 5) is 16.5. The lowest BCUT2D eigenvalue weighted by Gasteiger charge is -2.58. The van der Waals surface area contributed by atoms with Gasteiger partial charge in [0.15, 0.2) is 12.3 Å². The van der Waals surface area contributed by atoms with Crippen molar-refractivity contribution < 1.29 is 14.5 Å². The van der Waals surface area contributed by atoms with Gasteiger partial charge in [-0.15, -0.1) is 0 Å². The Morgan fingerprint density at radius 1 is 1.36 bits per heavy atom. The fourth-order valence-corrected chi connectivity index (χ4v) is 6.60. The highest BCUT2D eigenvalue weighted by molar-refractivity contribution is 6.41. The summed E-state index contributed by atoms with van der Waals surface area (Å²) in [7, 11) is 1.68. The topological polar surface area (TPSA) is 67.9 Å². The number of Topliss-reactive ketones (excluding diaryl/α,β-unsaturated/α-hetero) is 1. The third kappa shape index (κ3) is 5.11. The smallest absolute Gasteiger partial charge is 0.361 e. The van der Waals surface area contributed by atoms with Gasteiger partial charge in [0, 0.05) is 19.0 Å². The minimum Gasteiger partial charge on any atom is -0.448 e. The molecule has 3 saturated carbocycles. The van der Waals surface area contributed by atoms with Crippen LogP contribution < -0.4 is 10.3 Å². The number of carbonyl (C=O) groups is 1. The summed E-state index contributed by atoms with van der Waals surface area (Å²) in [6.07, 6.45) is 14.2. The Balaban J connectivity index is 1.42. The summed E-state index contributed by atoms with van der Waals surface area (Å²) in [6.45, 7) is 11.5. The number of rotatable bonds is 8. The van der Waals surface area contributed by atoms with Gasteiger partial charge in [0.2, 0.25) is 0 Å². The molecular formula is C27H43N4O2+. The Hall–Kier alpha value is -1.95. The molecule has 0 radical (unpaired) electrons. The molecule has 4 atom stereocenters. The third-order valence-corrected chi connectivity index (χ3v) is 8.56. The number of methoxy groups -OCH3 is 1. The number of nitrogens with zero attached hydrogens (tertiary/aromatic N) is 2. The molecule has 5 aliphatic rings. The molecule has 2 N–H and O–H groups in total. The molecule has 0 aromatic heterocycles. The Morgan fingerprint density at radius 2 is 2.18 bits per heavy atom. The summed E-state index contributed by atoms with van der Waals surface area (Å²) in [5, 5.41) is 10.6. The molecular weight excluding hydrogens is 412 g/mol. The zero-order chi connectivity index (χ0) is 23.6. The van der Waals surface area contributed by atoms with E-state index in [9.17, 15) is 4.79 Å². The van der Waals surface area contributed by atoms with Crippen LogP contribution in [0.15, 0.2) is 28.9 Å². The summed E-state index contributed by atoms with van der Waals surface area (Å²) in [5.74, 6) is 1.67. The van der Waals surface area contributed by atoms with Crippen molar-refractivity contribution in [3.05, 3.63) is 23.8 Å². The first-order valence-corrected chi connectivity index (χ1v) is 12.9. The van der Waals surface area contributed by atoms with Crippen molar-refractivity contribution in [2.75, 3.05) is 26.7 Å². The zero-order valence-electron chi connectivity index (χ0n) is 21.2. The number of hydrogen-bond donors (Lipinski definition) is 2. The van der Waals surface area contributed by atoms with Gasteiger partial charge in [0.25, 0.3) is 0 Å². The monoisotopic (exact) mass is 455 g/mol. The van der Waals surface area contributed by atoms with E-state index in [1.807, 2.05) is 0 Å². The minimum absolute atomic E-state index is 0.0841. The van der Waals surface area contributed by atoms with Gasteiger partial charge in [0.1, 0.15) is 5.71 Å². The number of hydrazone groups is 1. The van der Waals surface area contributed by atoms with Crippen LogP contribution in [0.5, 0.6) is 0 Å². The molecule has 1 unspecified atom stereocenters. The molecule has 2 heterocycles. The van der Waals surface area contributed by atoms with Gasteiger partial charge >= 0.3 is 5.90 Å². The van der Waals surface area contributed by atoms with Crippen molar-refractivity contribution >= 4 is 17.4 Å². The summed E-state index contributed by atoms with van der Waals surface area (Å²) < 4.78 is 5.46. The molecule has 2 bridgehead atoms. The van der Waals surface area contributed by atoms with E-state index in [-0.39, 0.29) is 11.8 Å². The van der Waals surface area contributed by atoms with Crippen molar-refractivity contribution in [1.82, 2.24) is 10.3 Å². The van der Waals surface area contributed by atoms with E-state index >= 15 is 0 Å². The maximum Gasteiger partial charge on any atom is 0.361 e. The van der Waals surface area contributed by atoms with E-state index in [0.717, 1.165) is 43.3 Å². The maximum absolute atomic E-state index is 13.3. The van der Waals surface area contributed by atoms with Crippen molar-refractivity contribution in [2.24, 2.45) is 21.8 Å². The van der Waals surface area contributed by atoms with Crippen molar-refractivity contribution in [3.8, 4) is 0 Å². The highest BCUT2D eigenvalue weighted by Crippen LogP contribution is 2.58. The molecule has 6 heteroatoms. The summed E-state index contributed by atoms with van der Waals surface area (Å²) in [6, 6.07) is 0.514. The van der Waals surface area contributed by atoms with Crippen LogP contribution in [0.3, 0.4) is 0 Å². The first kappa shape index (κ1) is 24.2. The van der Waals surface area contributed by atoms with Crippen LogP contribution in [0.1, 0.15) is 72.6 Å². The van der Waals surface area contributed by atoms with E-state index in [1.54, 1.807) is 7.11 Å². The van der Waals surface area contributed by atoms with E-state index < -0.39 is 0 Å². The average Bonchev–Trinajstić information content (AvgIpc) is 3.05. The predicted molar refractivity (Wildman–Crippen MR) is 133 cm³/mol. The summed E-state index contributed by atoms with van der Waals surface area (Å²) in [5.41, 5.74) is 2.57. The Labute approximate surface area is 199 Å². The first-order chi connectivity index (χ1) is 15.8. The second kappa shape index (κ2) is 9.73. The average molecular weight is 456 g/mol. The quantitative estimate of drug-likeness (QED) is 0.590. The zero-order valence-corrected chi connectivity index (χ0v) is 21.2. The number of nitrogens with one attached hydrogen (secondary N) is 2. The molecule has 0 aromatic carbocycles. The largest absolute Gasteiger partial charge is 0.448 e. The van der Waals surface area contributed by atoms with Gasteiger partial charge in [-0.1, -0.05) is 40.2 Å². The van der Waals surface area contributed by atoms with Gasteiger partial charge in [-0.3, -0.25) is 9.80 Å². The first-order valence-electron chi connectivity index (χ1n) is 12.9. The number of ketones is 1. The molecule has 0 spiro atoms. The number of unbranched alkanes of at least 4 members (excludes halogenated alkanes) is 1. The van der Waals surface area contributed by atoms with Crippen molar-refractivity contribution in [1.29, 1.82) is 0 Å². The standard InChI is InChI=1S/C27H42N4O2/c1-6-7-13-31-22(19-9-8-12-28-25(14-19)33-5)16-21(30-31)23(32)17-29-24-15-20-10-11-27(24,4)18-26(20,2)3/h8-9,14,20,22,24,29H,6-7,10-13,15-18H2,1-5H3/p+1/t20-,22+,24+,27?/m1/s1. The van der Waals surface area contributed by atoms with E-state index in [2.05, 4.69) is 61.2 Å². The van der Waals surface area contributed by atoms with Crippen LogP contribution in [0, 0.1) is 16.7 Å². The SMILES string of the molecule is CCCCN1N=C(C(=O)CN[C@H]2C[C@H]3CCC2(C)CC3(C)C)C[C@H]1C1=CC(OC)=[NH+]CC=C1. The van der Waals surface area contributed by atoms with Gasteiger partial charge in [-0.05, 0) is 60.5 Å². The van der Waals surface area contributed by atoms with Gasteiger partial charge in [-0.2, -0.15) is 5.10 Å². The van der Waals surface area contributed by atoms with Crippen LogP contribution in [0.25, 0.3) is 0 Å². The minimum atomic E-state index is 0.0841. The molecule has 33 heavy (non-hydrogen) atoms. The molecule has 0 saturated heterocycles. The molecule has 5 rings (SSSR count). The van der Waals surface area contributed by atoms with Crippen molar-refractivity contribution in [2.45, 2.75) is 84.7 Å². The Kier molecular flexibility index (Phi) is 7.13. The number of hydrogen-bond acceptors (Lipinski definition) is 5. The van der Waals surface area contributed by atoms with Gasteiger partial charge < -0.3 is 10.1 Å². The lowest BCUT2D eigenvalue weighted by atomic mass is 9.49. The van der Waals surface area contributed by atoms with E-state index in [1.165, 1.54) is 25.7 Å². The van der Waals surface area contributed by atoms with Crippen molar-refractivity contribution in [3.63, 3.8) is 0 Å². The van der Waals surface area contributed by atoms with Crippen LogP contribution in [0.2, 0.25) is 0 Å². The highest BCUT2D eigenvalue weighted by atomic mass is 16.5. The third-order valence-electron chi connectivity index (χ3n) is 8.56. The molecule has 0 amide bonds. The molecule has 6 nitrogen and oxygen atoms in total. The fourth-order valence-electron chi connectivity index (χ4n) is 6.60. The molecule has 182 valence electrons. The lowest BCUT2D eigenvalue weighted by molar-refractivity contribution is -0.453. The van der Waals surface area contributed by atoms with Crippen LogP contribution >= 0.6 is 0 Å². The Morgan fingerprint density at radius 3 is 2.88 bits per heavy atom. The van der Waals surface area contributed by atoms with Crippen LogP contribution in [-0.4, -0.2) is 61.2 Å². The molecule has 3 fully saturated rings.